The maximum absolute atomic E-state index is 11.6. The normalized spacial score (nSPS) is 16.5. The number of aromatic nitrogens is 2. The quantitative estimate of drug-likeness (QED) is 0.796. The summed E-state index contributed by atoms with van der Waals surface area (Å²) in [6.45, 7) is 3.28. The second-order valence-corrected chi connectivity index (χ2v) is 4.55. The molecule has 0 radical (unpaired) electrons. The molecule has 0 amide bonds. The summed E-state index contributed by atoms with van der Waals surface area (Å²) in [6, 6.07) is 1.65. The van der Waals surface area contributed by atoms with Crippen LogP contribution in [0.5, 0.6) is 0 Å². The van der Waals surface area contributed by atoms with Crippen molar-refractivity contribution in [3.05, 3.63) is 27.9 Å². The van der Waals surface area contributed by atoms with Gasteiger partial charge in [0.1, 0.15) is 5.82 Å². The smallest absolute Gasteiger partial charge is 0.251 e. The molecule has 4 nitrogen and oxygen atoms in total. The standard InChI is InChI=1S/C13H20N2O2/c1-2-17-8-7-12-14-11(9-13(16)15-12)10-5-3-4-6-10/h9-10H,2-8H2,1H3,(H,14,15,16). The topological polar surface area (TPSA) is 55.0 Å². The lowest BCUT2D eigenvalue weighted by atomic mass is 10.0. The summed E-state index contributed by atoms with van der Waals surface area (Å²) in [5.41, 5.74) is 0.936. The fourth-order valence-corrected chi connectivity index (χ4v) is 2.39. The lowest BCUT2D eigenvalue weighted by molar-refractivity contribution is 0.149. The number of H-pyrrole nitrogens is 1. The molecular formula is C13H20N2O2. The van der Waals surface area contributed by atoms with E-state index in [-0.39, 0.29) is 5.56 Å². The molecule has 94 valence electrons. The number of rotatable bonds is 5. The summed E-state index contributed by atoms with van der Waals surface area (Å²) in [6.07, 6.45) is 5.53. The third-order valence-electron chi connectivity index (χ3n) is 3.27. The molecule has 1 aromatic rings. The van der Waals surface area contributed by atoms with E-state index in [0.717, 1.165) is 11.5 Å². The molecule has 0 aromatic carbocycles. The molecule has 1 aliphatic rings. The molecule has 1 aliphatic carbocycles. The van der Waals surface area contributed by atoms with Gasteiger partial charge in [0.2, 0.25) is 0 Å². The van der Waals surface area contributed by atoms with Crippen molar-refractivity contribution < 1.29 is 4.74 Å². The van der Waals surface area contributed by atoms with Crippen LogP contribution in [0.25, 0.3) is 0 Å². The Bertz CT molecular complexity index is 408. The van der Waals surface area contributed by atoms with Crippen molar-refractivity contribution in [1.29, 1.82) is 0 Å². The van der Waals surface area contributed by atoms with Crippen molar-refractivity contribution in [1.82, 2.24) is 9.97 Å². The lowest BCUT2D eigenvalue weighted by Crippen LogP contribution is -2.15. The van der Waals surface area contributed by atoms with Crippen LogP contribution in [0.4, 0.5) is 0 Å². The van der Waals surface area contributed by atoms with Gasteiger partial charge in [0.15, 0.2) is 0 Å². The Morgan fingerprint density at radius 3 is 2.94 bits per heavy atom. The molecule has 0 saturated heterocycles. The number of aromatic amines is 1. The SMILES string of the molecule is CCOCCc1nc(C2CCCC2)cc(=O)[nH]1. The highest BCUT2D eigenvalue weighted by Crippen LogP contribution is 2.32. The second kappa shape index (κ2) is 5.96. The number of nitrogens with zero attached hydrogens (tertiary/aromatic N) is 1. The Labute approximate surface area is 101 Å². The molecule has 0 atom stereocenters. The van der Waals surface area contributed by atoms with Crippen LogP contribution in [0.1, 0.15) is 50.0 Å². The molecule has 4 heteroatoms. The molecule has 17 heavy (non-hydrogen) atoms. The first kappa shape index (κ1) is 12.3. The molecule has 1 N–H and O–H groups in total. The van der Waals surface area contributed by atoms with Crippen LogP contribution in [0, 0.1) is 0 Å². The second-order valence-electron chi connectivity index (χ2n) is 4.55. The van der Waals surface area contributed by atoms with Gasteiger partial charge in [0, 0.05) is 25.0 Å². The third kappa shape index (κ3) is 3.40. The molecule has 1 saturated carbocycles. The molecule has 0 bridgehead atoms. The summed E-state index contributed by atoms with van der Waals surface area (Å²) in [7, 11) is 0. The van der Waals surface area contributed by atoms with Gasteiger partial charge in [-0.1, -0.05) is 12.8 Å². The minimum Gasteiger partial charge on any atom is -0.381 e. The minimum atomic E-state index is -0.0339. The predicted molar refractivity (Wildman–Crippen MR) is 66.3 cm³/mol. The van der Waals surface area contributed by atoms with Gasteiger partial charge in [-0.2, -0.15) is 0 Å². The fourth-order valence-electron chi connectivity index (χ4n) is 2.39. The molecule has 1 heterocycles. The van der Waals surface area contributed by atoms with Crippen LogP contribution in [0.3, 0.4) is 0 Å². The van der Waals surface area contributed by atoms with Crippen LogP contribution in [-0.4, -0.2) is 23.2 Å². The van der Waals surface area contributed by atoms with Crippen molar-refractivity contribution in [2.45, 2.75) is 44.9 Å². The van der Waals surface area contributed by atoms with Crippen molar-refractivity contribution >= 4 is 0 Å². The van der Waals surface area contributed by atoms with E-state index in [1.807, 2.05) is 6.92 Å². The van der Waals surface area contributed by atoms with Gasteiger partial charge in [0.25, 0.3) is 5.56 Å². The zero-order valence-electron chi connectivity index (χ0n) is 10.4. The van der Waals surface area contributed by atoms with E-state index in [1.54, 1.807) is 6.07 Å². The summed E-state index contributed by atoms with van der Waals surface area (Å²) in [5, 5.41) is 0. The van der Waals surface area contributed by atoms with Crippen LogP contribution in [0.2, 0.25) is 0 Å². The van der Waals surface area contributed by atoms with E-state index in [4.69, 9.17) is 4.74 Å². The van der Waals surface area contributed by atoms with E-state index in [1.165, 1.54) is 25.7 Å². The molecule has 2 rings (SSSR count). The molecule has 1 fully saturated rings. The first-order valence-corrected chi connectivity index (χ1v) is 6.47. The highest BCUT2D eigenvalue weighted by Gasteiger charge is 2.19. The average Bonchev–Trinajstić information content (AvgIpc) is 2.82. The minimum absolute atomic E-state index is 0.0339. The zero-order valence-corrected chi connectivity index (χ0v) is 10.4. The van der Waals surface area contributed by atoms with Crippen molar-refractivity contribution in [2.75, 3.05) is 13.2 Å². The maximum Gasteiger partial charge on any atom is 0.251 e. The first-order valence-electron chi connectivity index (χ1n) is 6.47. The molecule has 0 unspecified atom stereocenters. The van der Waals surface area contributed by atoms with Gasteiger partial charge >= 0.3 is 0 Å². The van der Waals surface area contributed by atoms with E-state index >= 15 is 0 Å². The van der Waals surface area contributed by atoms with Crippen LogP contribution in [0.15, 0.2) is 10.9 Å². The summed E-state index contributed by atoms with van der Waals surface area (Å²) >= 11 is 0. The number of nitrogens with one attached hydrogen (secondary N) is 1. The fraction of sp³-hybridized carbons (Fsp3) is 0.692. The monoisotopic (exact) mass is 236 g/mol. The Kier molecular flexibility index (Phi) is 4.31. The first-order chi connectivity index (χ1) is 8.29. The highest BCUT2D eigenvalue weighted by atomic mass is 16.5. The summed E-state index contributed by atoms with van der Waals surface area (Å²) < 4.78 is 5.28. The van der Waals surface area contributed by atoms with E-state index in [9.17, 15) is 4.79 Å². The lowest BCUT2D eigenvalue weighted by Gasteiger charge is -2.09. The Balaban J connectivity index is 2.08. The number of ether oxygens (including phenoxy) is 1. The Morgan fingerprint density at radius 1 is 1.47 bits per heavy atom. The molecular weight excluding hydrogens is 216 g/mol. The van der Waals surface area contributed by atoms with Gasteiger partial charge in [-0.3, -0.25) is 4.79 Å². The van der Waals surface area contributed by atoms with Crippen LogP contribution in [-0.2, 0) is 11.2 Å². The molecule has 0 spiro atoms. The van der Waals surface area contributed by atoms with Crippen molar-refractivity contribution in [3.63, 3.8) is 0 Å². The van der Waals surface area contributed by atoms with Crippen LogP contribution >= 0.6 is 0 Å². The van der Waals surface area contributed by atoms with Gasteiger partial charge in [-0.05, 0) is 19.8 Å². The summed E-state index contributed by atoms with van der Waals surface area (Å²) in [4.78, 5) is 18.9. The largest absolute Gasteiger partial charge is 0.381 e. The Morgan fingerprint density at radius 2 is 2.24 bits per heavy atom. The van der Waals surface area contributed by atoms with E-state index in [2.05, 4.69) is 9.97 Å². The Hall–Kier alpha value is -1.16. The zero-order chi connectivity index (χ0) is 12.1. The van der Waals surface area contributed by atoms with Gasteiger partial charge in [0.05, 0.1) is 12.3 Å². The van der Waals surface area contributed by atoms with Crippen molar-refractivity contribution in [3.8, 4) is 0 Å². The van der Waals surface area contributed by atoms with Gasteiger partial charge in [-0.25, -0.2) is 4.98 Å². The van der Waals surface area contributed by atoms with Gasteiger partial charge < -0.3 is 9.72 Å². The van der Waals surface area contributed by atoms with Gasteiger partial charge in [-0.15, -0.1) is 0 Å². The van der Waals surface area contributed by atoms with E-state index in [0.29, 0.717) is 25.6 Å². The number of hydrogen-bond acceptors (Lipinski definition) is 3. The molecule has 1 aromatic heterocycles. The van der Waals surface area contributed by atoms with Crippen molar-refractivity contribution in [2.24, 2.45) is 0 Å². The number of hydrogen-bond donors (Lipinski definition) is 1. The average molecular weight is 236 g/mol. The molecule has 0 aliphatic heterocycles. The van der Waals surface area contributed by atoms with Crippen LogP contribution < -0.4 is 5.56 Å². The maximum atomic E-state index is 11.6. The third-order valence-corrected chi connectivity index (χ3v) is 3.27. The predicted octanol–water partition coefficient (Wildman–Crippen LogP) is 2.01. The van der Waals surface area contributed by atoms with E-state index < -0.39 is 0 Å². The summed E-state index contributed by atoms with van der Waals surface area (Å²) in [5.74, 6) is 1.25. The highest BCUT2D eigenvalue weighted by molar-refractivity contribution is 5.10.